The van der Waals surface area contributed by atoms with Crippen molar-refractivity contribution in [3.05, 3.63) is 82.4 Å². The number of carboxylic acids is 1. The number of aromatic carboxylic acids is 1. The summed E-state index contributed by atoms with van der Waals surface area (Å²) in [5.41, 5.74) is 2.96. The molecule has 26 heavy (non-hydrogen) atoms. The maximum Gasteiger partial charge on any atom is 0.336 e. The van der Waals surface area contributed by atoms with Gasteiger partial charge >= 0.3 is 5.97 Å². The van der Waals surface area contributed by atoms with Crippen molar-refractivity contribution in [3.8, 4) is 11.1 Å². The van der Waals surface area contributed by atoms with Gasteiger partial charge in [-0.05, 0) is 41.9 Å². The van der Waals surface area contributed by atoms with Gasteiger partial charge in [-0.2, -0.15) is 0 Å². The van der Waals surface area contributed by atoms with Crippen molar-refractivity contribution in [2.75, 3.05) is 0 Å². The fourth-order valence-electron chi connectivity index (χ4n) is 2.79. The van der Waals surface area contributed by atoms with Crippen LogP contribution in [0.2, 0.25) is 0 Å². The molecule has 6 heteroatoms. The van der Waals surface area contributed by atoms with Crippen LogP contribution >= 0.6 is 12.2 Å². The molecule has 2 aromatic carbocycles. The number of nitrogens with one attached hydrogen (secondary N) is 1. The van der Waals surface area contributed by atoms with Crippen molar-refractivity contribution in [1.82, 2.24) is 14.8 Å². The third-order valence-electron chi connectivity index (χ3n) is 4.07. The molecule has 0 aliphatic rings. The Labute approximate surface area is 156 Å². The zero-order chi connectivity index (χ0) is 18.5. The largest absolute Gasteiger partial charge is 0.478 e. The first-order chi connectivity index (χ1) is 12.6. The minimum Gasteiger partial charge on any atom is -0.478 e. The van der Waals surface area contributed by atoms with Gasteiger partial charge in [-0.15, -0.1) is 0 Å². The molecule has 3 rings (SSSR count). The van der Waals surface area contributed by atoms with Gasteiger partial charge < -0.3 is 5.11 Å². The number of hydrogen-bond donors (Lipinski definition) is 2. The van der Waals surface area contributed by atoms with Crippen LogP contribution in [-0.4, -0.2) is 25.8 Å². The van der Waals surface area contributed by atoms with E-state index in [1.807, 2.05) is 60.2 Å². The van der Waals surface area contributed by atoms with Crippen LogP contribution in [0.1, 0.15) is 28.7 Å². The van der Waals surface area contributed by atoms with Gasteiger partial charge in [0.2, 0.25) is 4.77 Å². The molecule has 0 amide bonds. The first kappa shape index (κ1) is 17.8. The number of carboxylic acid groups (broad SMARTS) is 1. The Kier molecular flexibility index (Phi) is 5.43. The molecule has 0 spiro atoms. The van der Waals surface area contributed by atoms with Gasteiger partial charge in [-0.3, -0.25) is 9.78 Å². The van der Waals surface area contributed by atoms with E-state index in [2.05, 4.69) is 10.1 Å². The molecule has 3 aromatic rings. The molecule has 0 aliphatic heterocycles. The van der Waals surface area contributed by atoms with E-state index < -0.39 is 5.97 Å². The Morgan fingerprint density at radius 3 is 2.65 bits per heavy atom. The van der Waals surface area contributed by atoms with Gasteiger partial charge in [0.25, 0.3) is 0 Å². The number of nitrogens with zero attached hydrogens (tertiary/aromatic N) is 2. The van der Waals surface area contributed by atoms with Crippen LogP contribution < -0.4 is 0 Å². The number of H-pyrrole nitrogens is 1. The van der Waals surface area contributed by atoms with Crippen LogP contribution in [0.4, 0.5) is 0 Å². The lowest BCUT2D eigenvalue weighted by molar-refractivity contribution is 0.0697. The quantitative estimate of drug-likeness (QED) is 0.499. The normalized spacial score (nSPS) is 11.1. The predicted molar refractivity (Wildman–Crippen MR) is 104 cm³/mol. The first-order valence-corrected chi connectivity index (χ1v) is 8.68. The second-order valence-corrected chi connectivity index (χ2v) is 6.24. The molecule has 0 aliphatic carbocycles. The van der Waals surface area contributed by atoms with Crippen molar-refractivity contribution in [2.45, 2.75) is 19.9 Å². The number of aromatic amines is 1. The zero-order valence-electron chi connectivity index (χ0n) is 14.3. The summed E-state index contributed by atoms with van der Waals surface area (Å²) in [4.78, 5) is 15.7. The van der Waals surface area contributed by atoms with Crippen LogP contribution in [0.15, 0.2) is 60.7 Å². The number of carbonyl (C=O) groups is 1. The molecule has 2 N–H and O–H groups in total. The van der Waals surface area contributed by atoms with Gasteiger partial charge in [-0.25, -0.2) is 9.78 Å². The van der Waals surface area contributed by atoms with Crippen LogP contribution in [0.3, 0.4) is 0 Å². The van der Waals surface area contributed by atoms with Crippen molar-refractivity contribution >= 4 is 18.2 Å². The first-order valence-electron chi connectivity index (χ1n) is 8.27. The Morgan fingerprint density at radius 1 is 1.23 bits per heavy atom. The maximum absolute atomic E-state index is 11.4. The molecule has 0 atom stereocenters. The summed E-state index contributed by atoms with van der Waals surface area (Å²) in [5.74, 6) is -0.0438. The van der Waals surface area contributed by atoms with Crippen LogP contribution in [-0.2, 0) is 13.0 Å². The second kappa shape index (κ2) is 7.93. The van der Waals surface area contributed by atoms with E-state index in [-0.39, 0.29) is 0 Å². The molecule has 1 aromatic heterocycles. The fourth-order valence-corrected chi connectivity index (χ4v) is 3.00. The molecule has 0 fully saturated rings. The monoisotopic (exact) mass is 365 g/mol. The third kappa shape index (κ3) is 3.97. The lowest BCUT2D eigenvalue weighted by atomic mass is 9.99. The standard InChI is InChI=1S/C20H19N3O2S/c1-2-3-8-18-21-20(26)22-23(18)13-14-9-11-15(12-10-14)16-6-4-5-7-17(16)19(24)25/h2-7,9-12H,8,13H2,1H3,(H,22,26)(H,24,25). The van der Waals surface area contributed by atoms with Crippen molar-refractivity contribution < 1.29 is 9.90 Å². The fraction of sp³-hybridized carbons (Fsp3) is 0.150. The average Bonchev–Trinajstić information content (AvgIpc) is 2.99. The van der Waals surface area contributed by atoms with Gasteiger partial charge in [0.05, 0.1) is 12.1 Å². The van der Waals surface area contributed by atoms with Crippen LogP contribution in [0.5, 0.6) is 0 Å². The molecule has 0 saturated carbocycles. The van der Waals surface area contributed by atoms with Crippen LogP contribution in [0.25, 0.3) is 11.1 Å². The number of aromatic nitrogens is 3. The average molecular weight is 365 g/mol. The van der Waals surface area contributed by atoms with Gasteiger partial charge in [-0.1, -0.05) is 54.6 Å². The zero-order valence-corrected chi connectivity index (χ0v) is 15.2. The molecular weight excluding hydrogens is 346 g/mol. The molecular formula is C20H19N3O2S. The van der Waals surface area contributed by atoms with Gasteiger partial charge in [0.15, 0.2) is 0 Å². The lowest BCUT2D eigenvalue weighted by Gasteiger charge is -2.09. The van der Waals surface area contributed by atoms with Gasteiger partial charge in [0, 0.05) is 6.42 Å². The predicted octanol–water partition coefficient (Wildman–Crippen LogP) is 4.47. The summed E-state index contributed by atoms with van der Waals surface area (Å²) in [5, 5.41) is 12.4. The summed E-state index contributed by atoms with van der Waals surface area (Å²) in [6.45, 7) is 2.59. The van der Waals surface area contributed by atoms with Crippen LogP contribution in [0, 0.1) is 4.77 Å². The molecule has 0 unspecified atom stereocenters. The molecule has 1 heterocycles. The highest BCUT2D eigenvalue weighted by Crippen LogP contribution is 2.24. The summed E-state index contributed by atoms with van der Waals surface area (Å²) in [6, 6.07) is 14.9. The highest BCUT2D eigenvalue weighted by Gasteiger charge is 2.11. The number of allylic oxidation sites excluding steroid dienone is 2. The Bertz CT molecular complexity index is 1000. The second-order valence-electron chi connectivity index (χ2n) is 5.85. The summed E-state index contributed by atoms with van der Waals surface area (Å²) < 4.78 is 2.40. The Morgan fingerprint density at radius 2 is 1.96 bits per heavy atom. The third-order valence-corrected chi connectivity index (χ3v) is 4.25. The maximum atomic E-state index is 11.4. The molecule has 5 nitrogen and oxygen atoms in total. The van der Waals surface area contributed by atoms with Gasteiger partial charge in [0.1, 0.15) is 5.82 Å². The molecule has 132 valence electrons. The summed E-state index contributed by atoms with van der Waals surface area (Å²) in [7, 11) is 0. The Balaban J connectivity index is 1.86. The van der Waals surface area contributed by atoms with E-state index in [9.17, 15) is 9.90 Å². The van der Waals surface area contributed by atoms with E-state index in [4.69, 9.17) is 12.2 Å². The molecule has 0 bridgehead atoms. The Hall–Kier alpha value is -2.99. The number of hydrogen-bond acceptors (Lipinski definition) is 3. The number of rotatable bonds is 6. The lowest BCUT2D eigenvalue weighted by Crippen LogP contribution is -2.06. The van der Waals surface area contributed by atoms with E-state index in [0.717, 1.165) is 17.0 Å². The van der Waals surface area contributed by atoms with Crippen molar-refractivity contribution in [2.24, 2.45) is 0 Å². The van der Waals surface area contributed by atoms with Crippen molar-refractivity contribution in [1.29, 1.82) is 0 Å². The van der Waals surface area contributed by atoms with Crippen molar-refractivity contribution in [3.63, 3.8) is 0 Å². The smallest absolute Gasteiger partial charge is 0.336 e. The van der Waals surface area contributed by atoms with E-state index in [1.165, 1.54) is 0 Å². The molecule has 0 saturated heterocycles. The van der Waals surface area contributed by atoms with E-state index in [0.29, 0.717) is 28.9 Å². The minimum absolute atomic E-state index is 0.299. The minimum atomic E-state index is -0.927. The summed E-state index contributed by atoms with van der Waals surface area (Å²) in [6.07, 6.45) is 4.73. The highest BCUT2D eigenvalue weighted by molar-refractivity contribution is 7.71. The van der Waals surface area contributed by atoms with E-state index >= 15 is 0 Å². The highest BCUT2D eigenvalue weighted by atomic mass is 32.1. The number of benzene rings is 2. The SMILES string of the molecule is CC=CCc1nc(=S)[nH]n1Cc1ccc(-c2ccccc2C(=O)O)cc1. The van der Waals surface area contributed by atoms with E-state index in [1.54, 1.807) is 12.1 Å². The summed E-state index contributed by atoms with van der Waals surface area (Å²) >= 11 is 5.14. The topological polar surface area (TPSA) is 70.9 Å². The molecule has 0 radical (unpaired) electrons.